The summed E-state index contributed by atoms with van der Waals surface area (Å²) in [7, 11) is 0. The predicted octanol–water partition coefficient (Wildman–Crippen LogP) is -2.65. The van der Waals surface area contributed by atoms with Crippen LogP contribution in [-0.2, 0) is 38.5 Å². The Morgan fingerprint density at radius 3 is 1.04 bits per heavy atom. The first-order valence-electron chi connectivity index (χ1n) is 6.47. The van der Waals surface area contributed by atoms with E-state index in [0.29, 0.717) is 0 Å². The number of aliphatic hydroxyl groups is 2. The van der Waals surface area contributed by atoms with E-state index in [1.165, 1.54) is 0 Å². The average Bonchev–Trinajstić information content (AvgIpc) is 2.42. The van der Waals surface area contributed by atoms with E-state index < -0.39 is 72.7 Å². The van der Waals surface area contributed by atoms with Gasteiger partial charge in [0, 0.05) is 0 Å². The highest BCUT2D eigenvalue weighted by molar-refractivity contribution is 5.90. The zero-order valence-corrected chi connectivity index (χ0v) is 12.8. The molecule has 14 nitrogen and oxygen atoms in total. The normalized spacial score (nSPS) is 15.0. The monoisotopic (exact) mass is 382 g/mol. The summed E-state index contributed by atoms with van der Waals surface area (Å²) in [5, 5.41) is 53.5. The van der Waals surface area contributed by atoms with Crippen LogP contribution < -0.4 is 0 Å². The number of aliphatic carboxylic acids is 4. The van der Waals surface area contributed by atoms with Crippen molar-refractivity contribution >= 4 is 35.8 Å². The minimum atomic E-state index is -3.07. The van der Waals surface area contributed by atoms with Crippen LogP contribution >= 0.6 is 0 Å². The first-order chi connectivity index (χ1) is 11.7. The Kier molecular flexibility index (Phi) is 7.63. The van der Waals surface area contributed by atoms with Crippen molar-refractivity contribution in [3.05, 3.63) is 0 Å². The van der Waals surface area contributed by atoms with Gasteiger partial charge in [-0.25, -0.2) is 29.0 Å². The van der Waals surface area contributed by atoms with E-state index in [9.17, 15) is 39.0 Å². The van der Waals surface area contributed by atoms with Gasteiger partial charge in [0.25, 0.3) is 0 Å². The predicted molar refractivity (Wildman–Crippen MR) is 71.1 cm³/mol. The first-order valence-corrected chi connectivity index (χ1v) is 6.47. The number of carboxylic acids is 4. The Bertz CT molecular complexity index is 569. The number of hydrogen-bond acceptors (Lipinski definition) is 10. The van der Waals surface area contributed by atoms with Crippen molar-refractivity contribution in [1.82, 2.24) is 0 Å². The Morgan fingerprint density at radius 1 is 0.577 bits per heavy atom. The van der Waals surface area contributed by atoms with E-state index in [1.807, 2.05) is 0 Å². The summed E-state index contributed by atoms with van der Waals surface area (Å²) in [6, 6.07) is 0. The summed E-state index contributed by atoms with van der Waals surface area (Å²) < 4.78 is 0. The third-order valence-electron chi connectivity index (χ3n) is 2.78. The minimum Gasteiger partial charge on any atom is -0.481 e. The molecule has 2 unspecified atom stereocenters. The smallest absolute Gasteiger partial charge is 0.359 e. The molecule has 0 aliphatic carbocycles. The van der Waals surface area contributed by atoms with E-state index in [4.69, 9.17) is 20.4 Å². The van der Waals surface area contributed by atoms with Crippen molar-refractivity contribution in [2.45, 2.75) is 36.9 Å². The van der Waals surface area contributed by atoms with Gasteiger partial charge < -0.3 is 30.6 Å². The lowest BCUT2D eigenvalue weighted by atomic mass is 9.96. The molecule has 0 saturated carbocycles. The van der Waals surface area contributed by atoms with Crippen LogP contribution in [-0.4, -0.2) is 77.7 Å². The van der Waals surface area contributed by atoms with Gasteiger partial charge in [0.2, 0.25) is 0 Å². The van der Waals surface area contributed by atoms with E-state index in [1.54, 1.807) is 0 Å². The van der Waals surface area contributed by atoms with Crippen molar-refractivity contribution in [2.75, 3.05) is 0 Å². The second kappa shape index (κ2) is 8.72. The molecule has 146 valence electrons. The SMILES string of the molecule is O=C(O)CC(O)(CC(=O)OOC(=O)CC(O)(CC(=O)O)C(=O)O)C(=O)O. The molecular formula is C12H14O14. The molecule has 0 spiro atoms. The second-order valence-electron chi connectivity index (χ2n) is 5.08. The molecule has 0 saturated heterocycles. The van der Waals surface area contributed by atoms with E-state index >= 15 is 0 Å². The molecule has 0 aliphatic heterocycles. The maximum absolute atomic E-state index is 11.3. The summed E-state index contributed by atoms with van der Waals surface area (Å²) in [6.45, 7) is 0. The molecule has 0 fully saturated rings. The molecule has 26 heavy (non-hydrogen) atoms. The third-order valence-corrected chi connectivity index (χ3v) is 2.78. The first kappa shape index (κ1) is 22.7. The number of carbonyl (C=O) groups is 6. The summed E-state index contributed by atoms with van der Waals surface area (Å²) in [5.41, 5.74) is -6.14. The fourth-order valence-corrected chi connectivity index (χ4v) is 1.56. The highest BCUT2D eigenvalue weighted by atomic mass is 17.2. The third kappa shape index (κ3) is 7.10. The molecule has 14 heteroatoms. The molecule has 0 aromatic rings. The summed E-state index contributed by atoms with van der Waals surface area (Å²) in [4.78, 5) is 72.9. The zero-order chi connectivity index (χ0) is 20.7. The van der Waals surface area contributed by atoms with Crippen LogP contribution in [0.1, 0.15) is 25.7 Å². The topological polar surface area (TPSA) is 242 Å². The second-order valence-corrected chi connectivity index (χ2v) is 5.08. The van der Waals surface area contributed by atoms with Crippen LogP contribution in [0.25, 0.3) is 0 Å². The number of carboxylic acid groups (broad SMARTS) is 4. The van der Waals surface area contributed by atoms with Gasteiger partial charge in [-0.2, -0.15) is 0 Å². The highest BCUT2D eigenvalue weighted by Crippen LogP contribution is 2.19. The Balaban J connectivity index is 4.82. The maximum Gasteiger partial charge on any atom is 0.359 e. The molecule has 0 radical (unpaired) electrons. The highest BCUT2D eigenvalue weighted by Gasteiger charge is 2.43. The maximum atomic E-state index is 11.3. The minimum absolute atomic E-state index is 1.39. The molecule has 0 aromatic heterocycles. The molecule has 0 bridgehead atoms. The van der Waals surface area contributed by atoms with Crippen LogP contribution in [0.4, 0.5) is 0 Å². The van der Waals surface area contributed by atoms with Gasteiger partial charge in [0.15, 0.2) is 11.2 Å². The number of rotatable bonds is 10. The van der Waals surface area contributed by atoms with Gasteiger partial charge in [-0.3, -0.25) is 9.59 Å². The lowest BCUT2D eigenvalue weighted by Crippen LogP contribution is -2.44. The van der Waals surface area contributed by atoms with E-state index in [-0.39, 0.29) is 0 Å². The fraction of sp³-hybridized carbons (Fsp3) is 0.500. The zero-order valence-electron chi connectivity index (χ0n) is 12.8. The lowest BCUT2D eigenvalue weighted by molar-refractivity contribution is -0.264. The molecular weight excluding hydrogens is 368 g/mol. The van der Waals surface area contributed by atoms with Gasteiger partial charge in [0.1, 0.15) is 0 Å². The fourth-order valence-electron chi connectivity index (χ4n) is 1.56. The van der Waals surface area contributed by atoms with Crippen molar-refractivity contribution in [3.63, 3.8) is 0 Å². The molecule has 2 atom stereocenters. The summed E-state index contributed by atoms with van der Waals surface area (Å²) in [6.07, 6.45) is -5.66. The molecule has 0 rings (SSSR count). The molecule has 0 heterocycles. The van der Waals surface area contributed by atoms with Gasteiger partial charge in [-0.15, -0.1) is 0 Å². The quantitative estimate of drug-likeness (QED) is 0.167. The van der Waals surface area contributed by atoms with E-state index in [0.717, 1.165) is 0 Å². The average molecular weight is 382 g/mol. The van der Waals surface area contributed by atoms with Gasteiger partial charge >= 0.3 is 35.8 Å². The molecule has 0 aliphatic rings. The Morgan fingerprint density at radius 2 is 0.846 bits per heavy atom. The Hall–Kier alpha value is -3.26. The standard InChI is InChI=1S/C12H14O14/c13-5(14)1-11(23,9(19)20)3-7(17)25-26-8(18)4-12(24,10(21)22)2-6(15)16/h23-24H,1-4H2,(H,13,14)(H,15,16)(H,19,20)(H,21,22). The largest absolute Gasteiger partial charge is 0.481 e. The number of hydrogen-bond donors (Lipinski definition) is 6. The van der Waals surface area contributed by atoms with Crippen molar-refractivity contribution < 1.29 is 69.2 Å². The summed E-state index contributed by atoms with van der Waals surface area (Å²) >= 11 is 0. The van der Waals surface area contributed by atoms with Crippen LogP contribution in [0.3, 0.4) is 0 Å². The molecule has 6 N–H and O–H groups in total. The van der Waals surface area contributed by atoms with Crippen LogP contribution in [0.5, 0.6) is 0 Å². The van der Waals surface area contributed by atoms with Crippen LogP contribution in [0, 0.1) is 0 Å². The van der Waals surface area contributed by atoms with Crippen molar-refractivity contribution in [3.8, 4) is 0 Å². The Labute approximate surface area is 143 Å². The van der Waals surface area contributed by atoms with Crippen molar-refractivity contribution in [1.29, 1.82) is 0 Å². The molecule has 0 amide bonds. The van der Waals surface area contributed by atoms with Crippen molar-refractivity contribution in [2.24, 2.45) is 0 Å². The van der Waals surface area contributed by atoms with Gasteiger partial charge in [-0.1, -0.05) is 0 Å². The summed E-state index contributed by atoms with van der Waals surface area (Å²) in [5.74, 6) is -11.1. The van der Waals surface area contributed by atoms with E-state index in [2.05, 4.69) is 9.78 Å². The number of carbonyl (C=O) groups excluding carboxylic acids is 2. The van der Waals surface area contributed by atoms with Crippen LogP contribution in [0.2, 0.25) is 0 Å². The molecule has 0 aromatic carbocycles. The van der Waals surface area contributed by atoms with Gasteiger partial charge in [0.05, 0.1) is 25.7 Å². The van der Waals surface area contributed by atoms with Gasteiger partial charge in [-0.05, 0) is 0 Å². The lowest BCUT2D eigenvalue weighted by Gasteiger charge is -2.20. The van der Waals surface area contributed by atoms with Crippen LogP contribution in [0.15, 0.2) is 0 Å².